The van der Waals surface area contributed by atoms with E-state index in [1.165, 1.54) is 0 Å². The number of urea groups is 1. The van der Waals surface area contributed by atoms with Gasteiger partial charge in [-0.2, -0.15) is 5.10 Å². The second kappa shape index (κ2) is 4.38. The molecule has 6 heteroatoms. The number of thiophene rings is 1. The molecule has 0 spiro atoms. The summed E-state index contributed by atoms with van der Waals surface area (Å²) in [4.78, 5) is 11.3. The highest BCUT2D eigenvalue weighted by Gasteiger charge is 2.01. The van der Waals surface area contributed by atoms with Gasteiger partial charge in [-0.05, 0) is 35.0 Å². The number of hydrogen-bond acceptors (Lipinski definition) is 3. The molecule has 0 aliphatic heterocycles. The Morgan fingerprint density at radius 1 is 1.69 bits per heavy atom. The maximum Gasteiger partial charge on any atom is 0.332 e. The van der Waals surface area contributed by atoms with Crippen molar-refractivity contribution in [2.75, 3.05) is 0 Å². The zero-order valence-electron chi connectivity index (χ0n) is 6.87. The molecule has 4 nitrogen and oxygen atoms in total. The molecule has 70 valence electrons. The van der Waals surface area contributed by atoms with Crippen molar-refractivity contribution in [2.45, 2.75) is 6.92 Å². The molecule has 0 radical (unpaired) electrons. The number of hydrogen-bond donors (Lipinski definition) is 2. The first-order valence-corrected chi connectivity index (χ1v) is 5.06. The summed E-state index contributed by atoms with van der Waals surface area (Å²) in [7, 11) is 0. The van der Waals surface area contributed by atoms with E-state index in [9.17, 15) is 4.79 Å². The molecule has 0 saturated heterocycles. The Morgan fingerprint density at radius 3 is 2.85 bits per heavy atom. The quantitative estimate of drug-likeness (QED) is 0.620. The van der Waals surface area contributed by atoms with Gasteiger partial charge < -0.3 is 5.73 Å². The van der Waals surface area contributed by atoms with Crippen molar-refractivity contribution in [2.24, 2.45) is 10.8 Å². The average Bonchev–Trinajstić information content (AvgIpc) is 2.47. The van der Waals surface area contributed by atoms with E-state index in [-0.39, 0.29) is 0 Å². The zero-order valence-corrected chi connectivity index (χ0v) is 9.28. The molecule has 0 atom stereocenters. The van der Waals surface area contributed by atoms with Gasteiger partial charge in [0.25, 0.3) is 0 Å². The summed E-state index contributed by atoms with van der Waals surface area (Å²) in [6, 6.07) is 3.18. The van der Waals surface area contributed by atoms with Crippen LogP contribution in [0.25, 0.3) is 0 Å². The van der Waals surface area contributed by atoms with Crippen LogP contribution in [0.5, 0.6) is 0 Å². The third-order valence-electron chi connectivity index (χ3n) is 1.26. The summed E-state index contributed by atoms with van der Waals surface area (Å²) in [6.07, 6.45) is 0. The number of primary amides is 1. The maximum absolute atomic E-state index is 10.3. The lowest BCUT2D eigenvalue weighted by molar-refractivity contribution is 0.249. The van der Waals surface area contributed by atoms with Crippen molar-refractivity contribution in [1.29, 1.82) is 0 Å². The van der Waals surface area contributed by atoms with Gasteiger partial charge in [0.15, 0.2) is 0 Å². The summed E-state index contributed by atoms with van der Waals surface area (Å²) in [5, 5.41) is 3.79. The number of nitrogens with zero attached hydrogens (tertiary/aromatic N) is 1. The predicted octanol–water partition coefficient (Wildman–Crippen LogP) is 1.90. The molecule has 1 heterocycles. The van der Waals surface area contributed by atoms with E-state index in [1.807, 2.05) is 12.1 Å². The van der Waals surface area contributed by atoms with Gasteiger partial charge >= 0.3 is 6.03 Å². The minimum Gasteiger partial charge on any atom is -0.350 e. The van der Waals surface area contributed by atoms with E-state index >= 15 is 0 Å². The molecular weight excluding hydrogens is 254 g/mol. The molecule has 0 aliphatic carbocycles. The van der Waals surface area contributed by atoms with Crippen LogP contribution in [0.4, 0.5) is 4.79 Å². The third kappa shape index (κ3) is 3.16. The van der Waals surface area contributed by atoms with Gasteiger partial charge in [0, 0.05) is 0 Å². The van der Waals surface area contributed by atoms with Gasteiger partial charge in [-0.1, -0.05) is 0 Å². The van der Waals surface area contributed by atoms with Crippen molar-refractivity contribution < 1.29 is 4.79 Å². The molecule has 1 aromatic rings. The van der Waals surface area contributed by atoms with E-state index in [4.69, 9.17) is 5.73 Å². The molecule has 13 heavy (non-hydrogen) atoms. The van der Waals surface area contributed by atoms with E-state index < -0.39 is 6.03 Å². The second-order valence-corrected chi connectivity index (χ2v) is 4.74. The molecule has 0 aliphatic rings. The second-order valence-electron chi connectivity index (χ2n) is 2.28. The van der Waals surface area contributed by atoms with Crippen molar-refractivity contribution in [1.82, 2.24) is 5.43 Å². The lowest BCUT2D eigenvalue weighted by atomic mass is 10.3. The molecular formula is C7H8BrN3OS. The van der Waals surface area contributed by atoms with Crippen LogP contribution in [0.15, 0.2) is 21.0 Å². The standard InChI is InChI=1S/C7H8BrN3OS/c1-4(10-11-7(9)12)5-2-3-6(8)13-5/h2-3H,1H3,(H3,9,11,12). The lowest BCUT2D eigenvalue weighted by Crippen LogP contribution is -2.25. The Balaban J connectivity index is 2.72. The molecule has 0 bridgehead atoms. The fourth-order valence-corrected chi connectivity index (χ4v) is 2.03. The summed E-state index contributed by atoms with van der Waals surface area (Å²) < 4.78 is 1.02. The monoisotopic (exact) mass is 261 g/mol. The normalized spacial score (nSPS) is 11.4. The van der Waals surface area contributed by atoms with Crippen molar-refractivity contribution in [3.05, 3.63) is 20.8 Å². The molecule has 0 saturated carbocycles. The van der Waals surface area contributed by atoms with Crippen LogP contribution in [0.3, 0.4) is 0 Å². The highest BCUT2D eigenvalue weighted by Crippen LogP contribution is 2.22. The van der Waals surface area contributed by atoms with Gasteiger partial charge in [0.2, 0.25) is 0 Å². The fourth-order valence-electron chi connectivity index (χ4n) is 0.703. The van der Waals surface area contributed by atoms with Gasteiger partial charge in [-0.15, -0.1) is 11.3 Å². The lowest BCUT2D eigenvalue weighted by Gasteiger charge is -1.95. The number of hydrazone groups is 1. The van der Waals surface area contributed by atoms with Crippen LogP contribution in [0, 0.1) is 0 Å². The third-order valence-corrected chi connectivity index (χ3v) is 3.00. The number of carbonyl (C=O) groups is 1. The van der Waals surface area contributed by atoms with Gasteiger partial charge in [-0.3, -0.25) is 0 Å². The predicted molar refractivity (Wildman–Crippen MR) is 56.9 cm³/mol. The Bertz CT molecular complexity index is 347. The van der Waals surface area contributed by atoms with Crippen molar-refractivity contribution >= 4 is 39.0 Å². The van der Waals surface area contributed by atoms with Crippen LogP contribution in [0.1, 0.15) is 11.8 Å². The summed E-state index contributed by atoms with van der Waals surface area (Å²) in [6.45, 7) is 1.80. The fraction of sp³-hybridized carbons (Fsp3) is 0.143. The molecule has 1 rings (SSSR count). The van der Waals surface area contributed by atoms with Crippen molar-refractivity contribution in [3.63, 3.8) is 0 Å². The maximum atomic E-state index is 10.3. The smallest absolute Gasteiger partial charge is 0.332 e. The van der Waals surface area contributed by atoms with Crippen LogP contribution < -0.4 is 11.2 Å². The van der Waals surface area contributed by atoms with Crippen molar-refractivity contribution in [3.8, 4) is 0 Å². The van der Waals surface area contributed by atoms with E-state index in [1.54, 1.807) is 18.3 Å². The highest BCUT2D eigenvalue weighted by atomic mass is 79.9. The largest absolute Gasteiger partial charge is 0.350 e. The Labute approximate surface area is 88.0 Å². The molecule has 0 fully saturated rings. The van der Waals surface area contributed by atoms with Gasteiger partial charge in [0.1, 0.15) is 0 Å². The van der Waals surface area contributed by atoms with E-state index in [2.05, 4.69) is 26.5 Å². The number of nitrogens with one attached hydrogen (secondary N) is 1. The number of rotatable bonds is 2. The minimum atomic E-state index is -0.657. The van der Waals surface area contributed by atoms with Crippen LogP contribution in [-0.4, -0.2) is 11.7 Å². The van der Waals surface area contributed by atoms with Crippen LogP contribution >= 0.6 is 27.3 Å². The number of halogens is 1. The first kappa shape index (κ1) is 10.2. The van der Waals surface area contributed by atoms with Gasteiger partial charge in [-0.25, -0.2) is 10.2 Å². The molecule has 2 amide bonds. The Morgan fingerprint density at radius 2 is 2.38 bits per heavy atom. The molecule has 1 aromatic heterocycles. The Hall–Kier alpha value is -0.880. The van der Waals surface area contributed by atoms with Crippen LogP contribution in [0.2, 0.25) is 0 Å². The number of nitrogens with two attached hydrogens (primary N) is 1. The van der Waals surface area contributed by atoms with E-state index in [0.717, 1.165) is 14.4 Å². The van der Waals surface area contributed by atoms with Crippen LogP contribution in [-0.2, 0) is 0 Å². The number of amides is 2. The summed E-state index contributed by atoms with van der Waals surface area (Å²) >= 11 is 4.87. The highest BCUT2D eigenvalue weighted by molar-refractivity contribution is 9.11. The SMILES string of the molecule is CC(=NNC(N)=O)c1ccc(Br)s1. The molecule has 3 N–H and O–H groups in total. The first-order valence-electron chi connectivity index (χ1n) is 3.45. The average molecular weight is 262 g/mol. The Kier molecular flexibility index (Phi) is 3.44. The first-order chi connectivity index (χ1) is 6.09. The topological polar surface area (TPSA) is 67.5 Å². The zero-order chi connectivity index (χ0) is 9.84. The van der Waals surface area contributed by atoms with Gasteiger partial charge in [0.05, 0.1) is 14.4 Å². The van der Waals surface area contributed by atoms with E-state index in [0.29, 0.717) is 0 Å². The number of carbonyl (C=O) groups excluding carboxylic acids is 1. The molecule has 0 unspecified atom stereocenters. The summed E-state index contributed by atoms with van der Waals surface area (Å²) in [5.41, 5.74) is 7.76. The molecule has 0 aromatic carbocycles. The minimum absolute atomic E-state index is 0.657. The summed E-state index contributed by atoms with van der Waals surface area (Å²) in [5.74, 6) is 0.